The van der Waals surface area contributed by atoms with Crippen LogP contribution in [0.3, 0.4) is 0 Å². The zero-order chi connectivity index (χ0) is 20.1. The van der Waals surface area contributed by atoms with Crippen molar-refractivity contribution in [3.63, 3.8) is 0 Å². The molecule has 1 fully saturated rings. The molecule has 0 bridgehead atoms. The van der Waals surface area contributed by atoms with Gasteiger partial charge in [0.1, 0.15) is 6.33 Å². The first-order chi connectivity index (χ1) is 14.2. The van der Waals surface area contributed by atoms with E-state index in [0.29, 0.717) is 11.8 Å². The molecular formula is C23H26N4OS. The lowest BCUT2D eigenvalue weighted by Crippen LogP contribution is -2.37. The van der Waals surface area contributed by atoms with E-state index in [1.54, 1.807) is 6.33 Å². The van der Waals surface area contributed by atoms with Crippen LogP contribution in [0.25, 0.3) is 5.69 Å². The number of aromatic nitrogens is 3. The van der Waals surface area contributed by atoms with Crippen LogP contribution in [0.5, 0.6) is 0 Å². The average Bonchev–Trinajstić information content (AvgIpc) is 3.41. The van der Waals surface area contributed by atoms with Crippen LogP contribution in [0, 0.1) is 6.92 Å². The van der Waals surface area contributed by atoms with Gasteiger partial charge in [0, 0.05) is 18.3 Å². The minimum atomic E-state index is 0.198. The van der Waals surface area contributed by atoms with E-state index < -0.39 is 0 Å². The van der Waals surface area contributed by atoms with Crippen molar-refractivity contribution in [2.24, 2.45) is 0 Å². The summed E-state index contributed by atoms with van der Waals surface area (Å²) in [5.74, 6) is 0.593. The molecule has 29 heavy (non-hydrogen) atoms. The van der Waals surface area contributed by atoms with E-state index in [9.17, 15) is 4.79 Å². The minimum Gasteiger partial charge on any atom is -0.339 e. The van der Waals surface area contributed by atoms with E-state index in [0.717, 1.165) is 43.1 Å². The largest absolute Gasteiger partial charge is 0.339 e. The van der Waals surface area contributed by atoms with Crippen molar-refractivity contribution in [1.82, 2.24) is 19.7 Å². The van der Waals surface area contributed by atoms with Gasteiger partial charge in [-0.3, -0.25) is 9.36 Å². The van der Waals surface area contributed by atoms with Crippen LogP contribution in [-0.4, -0.2) is 43.9 Å². The van der Waals surface area contributed by atoms with E-state index in [4.69, 9.17) is 0 Å². The van der Waals surface area contributed by atoms with Gasteiger partial charge in [0.2, 0.25) is 5.91 Å². The van der Waals surface area contributed by atoms with E-state index >= 15 is 0 Å². The molecule has 0 aliphatic carbocycles. The molecule has 1 aliphatic heterocycles. The smallest absolute Gasteiger partial charge is 0.233 e. The second kappa shape index (κ2) is 9.27. The standard InChI is InChI=1S/C23H26N4OS/c1-18-9-12-21(13-10-18)27-17-24-25-23(27)29-16-22(28)26-15-5-8-20(26)14-11-19-6-3-2-4-7-19/h2-4,6-7,9-10,12-13,17,20H,5,8,11,14-16H2,1H3. The third kappa shape index (κ3) is 4.88. The molecule has 0 spiro atoms. The summed E-state index contributed by atoms with van der Waals surface area (Å²) in [6.07, 6.45) is 5.94. The number of nitrogens with zero attached hydrogens (tertiary/aromatic N) is 4. The lowest BCUT2D eigenvalue weighted by molar-refractivity contribution is -0.129. The third-order valence-electron chi connectivity index (χ3n) is 5.46. The molecule has 1 amide bonds. The number of carbonyl (C=O) groups is 1. The Morgan fingerprint density at radius 1 is 1.14 bits per heavy atom. The van der Waals surface area contributed by atoms with Gasteiger partial charge in [-0.2, -0.15) is 0 Å². The highest BCUT2D eigenvalue weighted by Crippen LogP contribution is 2.25. The highest BCUT2D eigenvalue weighted by Gasteiger charge is 2.28. The number of likely N-dealkylation sites (tertiary alicyclic amines) is 1. The summed E-state index contributed by atoms with van der Waals surface area (Å²) >= 11 is 1.46. The van der Waals surface area contributed by atoms with Crippen LogP contribution < -0.4 is 0 Å². The summed E-state index contributed by atoms with van der Waals surface area (Å²) in [7, 11) is 0. The summed E-state index contributed by atoms with van der Waals surface area (Å²) in [5, 5.41) is 9.01. The molecule has 1 saturated heterocycles. The molecule has 2 heterocycles. The minimum absolute atomic E-state index is 0.198. The normalized spacial score (nSPS) is 16.3. The van der Waals surface area contributed by atoms with Crippen molar-refractivity contribution in [2.75, 3.05) is 12.3 Å². The number of carbonyl (C=O) groups excluding carboxylic acids is 1. The van der Waals surface area contributed by atoms with Gasteiger partial charge in [0.05, 0.1) is 5.75 Å². The average molecular weight is 407 g/mol. The van der Waals surface area contributed by atoms with E-state index in [1.165, 1.54) is 22.9 Å². The van der Waals surface area contributed by atoms with Gasteiger partial charge in [0.15, 0.2) is 5.16 Å². The second-order valence-corrected chi connectivity index (χ2v) is 8.46. The molecule has 1 unspecified atom stereocenters. The molecule has 0 radical (unpaired) electrons. The Labute approximate surface area is 176 Å². The first kappa shape index (κ1) is 19.7. The van der Waals surface area contributed by atoms with E-state index in [2.05, 4.69) is 58.4 Å². The molecule has 5 nitrogen and oxygen atoms in total. The maximum absolute atomic E-state index is 12.9. The quantitative estimate of drug-likeness (QED) is 0.549. The molecule has 150 valence electrons. The Morgan fingerprint density at radius 2 is 1.93 bits per heavy atom. The van der Waals surface area contributed by atoms with Crippen molar-refractivity contribution in [3.8, 4) is 5.69 Å². The maximum atomic E-state index is 12.9. The fourth-order valence-electron chi connectivity index (χ4n) is 3.86. The van der Waals surface area contributed by atoms with Gasteiger partial charge >= 0.3 is 0 Å². The fraction of sp³-hybridized carbons (Fsp3) is 0.348. The van der Waals surface area contributed by atoms with E-state index in [-0.39, 0.29) is 5.91 Å². The molecule has 6 heteroatoms. The van der Waals surface area contributed by atoms with Gasteiger partial charge in [-0.15, -0.1) is 10.2 Å². The van der Waals surface area contributed by atoms with Crippen molar-refractivity contribution in [3.05, 3.63) is 72.1 Å². The molecule has 1 aliphatic rings. The highest BCUT2D eigenvalue weighted by atomic mass is 32.2. The number of aryl methyl sites for hydroxylation is 2. The summed E-state index contributed by atoms with van der Waals surface area (Å²) in [5.41, 5.74) is 3.56. The molecule has 4 rings (SSSR count). The number of hydrogen-bond donors (Lipinski definition) is 0. The van der Waals surface area contributed by atoms with Crippen LogP contribution in [0.15, 0.2) is 66.1 Å². The van der Waals surface area contributed by atoms with Gasteiger partial charge in [-0.05, 0) is 50.3 Å². The zero-order valence-corrected chi connectivity index (χ0v) is 17.5. The predicted octanol–water partition coefficient (Wildman–Crippen LogP) is 4.29. The zero-order valence-electron chi connectivity index (χ0n) is 16.7. The molecule has 0 N–H and O–H groups in total. The van der Waals surface area contributed by atoms with E-state index in [1.807, 2.05) is 22.8 Å². The summed E-state index contributed by atoms with van der Waals surface area (Å²) in [6.45, 7) is 2.93. The predicted molar refractivity (Wildman–Crippen MR) is 116 cm³/mol. The molecule has 2 aromatic carbocycles. The Morgan fingerprint density at radius 3 is 2.72 bits per heavy atom. The van der Waals surface area contributed by atoms with Crippen molar-refractivity contribution < 1.29 is 4.79 Å². The molecular weight excluding hydrogens is 380 g/mol. The van der Waals surface area contributed by atoms with Crippen molar-refractivity contribution >= 4 is 17.7 Å². The number of benzene rings is 2. The summed E-state index contributed by atoms with van der Waals surface area (Å²) < 4.78 is 1.94. The Balaban J connectivity index is 1.35. The maximum Gasteiger partial charge on any atom is 0.233 e. The SMILES string of the molecule is Cc1ccc(-n2cnnc2SCC(=O)N2CCCC2CCc2ccccc2)cc1. The number of thioether (sulfide) groups is 1. The van der Waals surface area contributed by atoms with Crippen LogP contribution >= 0.6 is 11.8 Å². The Bertz CT molecular complexity index is 939. The monoisotopic (exact) mass is 406 g/mol. The molecule has 3 aromatic rings. The Kier molecular flexibility index (Phi) is 6.30. The van der Waals surface area contributed by atoms with Gasteiger partial charge in [-0.25, -0.2) is 0 Å². The van der Waals surface area contributed by atoms with Crippen LogP contribution in [0.1, 0.15) is 30.4 Å². The molecule has 1 aromatic heterocycles. The first-order valence-corrected chi connectivity index (χ1v) is 11.1. The number of rotatable bonds is 7. The van der Waals surface area contributed by atoms with Crippen LogP contribution in [0.4, 0.5) is 0 Å². The van der Waals surface area contributed by atoms with Crippen molar-refractivity contribution in [2.45, 2.75) is 43.8 Å². The lowest BCUT2D eigenvalue weighted by Gasteiger charge is -2.24. The Hall–Kier alpha value is -2.60. The lowest BCUT2D eigenvalue weighted by atomic mass is 10.0. The summed E-state index contributed by atoms with van der Waals surface area (Å²) in [6, 6.07) is 19.1. The van der Waals surface area contributed by atoms with Gasteiger partial charge in [0.25, 0.3) is 0 Å². The molecule has 1 atom stereocenters. The van der Waals surface area contributed by atoms with Gasteiger partial charge < -0.3 is 4.90 Å². The number of amides is 1. The topological polar surface area (TPSA) is 51.0 Å². The number of hydrogen-bond acceptors (Lipinski definition) is 4. The molecule has 0 saturated carbocycles. The van der Waals surface area contributed by atoms with Crippen LogP contribution in [0.2, 0.25) is 0 Å². The fourth-order valence-corrected chi connectivity index (χ4v) is 4.67. The third-order valence-corrected chi connectivity index (χ3v) is 6.39. The highest BCUT2D eigenvalue weighted by molar-refractivity contribution is 7.99. The van der Waals surface area contributed by atoms with Gasteiger partial charge in [-0.1, -0.05) is 59.8 Å². The second-order valence-electron chi connectivity index (χ2n) is 7.52. The first-order valence-electron chi connectivity index (χ1n) is 10.1. The summed E-state index contributed by atoms with van der Waals surface area (Å²) in [4.78, 5) is 15.0. The van der Waals surface area contributed by atoms with Crippen molar-refractivity contribution in [1.29, 1.82) is 0 Å². The van der Waals surface area contributed by atoms with Crippen LogP contribution in [-0.2, 0) is 11.2 Å².